The Kier molecular flexibility index (Phi) is 4.38. The van der Waals surface area contributed by atoms with Crippen molar-refractivity contribution in [2.45, 2.75) is 64.8 Å². The molecule has 0 bridgehead atoms. The highest BCUT2D eigenvalue weighted by Crippen LogP contribution is 2.43. The summed E-state index contributed by atoms with van der Waals surface area (Å²) >= 11 is 0. The lowest BCUT2D eigenvalue weighted by Crippen LogP contribution is -2.41. The summed E-state index contributed by atoms with van der Waals surface area (Å²) in [5, 5.41) is 13.5. The highest BCUT2D eigenvalue weighted by atomic mass is 16.5. The van der Waals surface area contributed by atoms with Crippen LogP contribution in [0.1, 0.15) is 47.5 Å². The van der Waals surface area contributed by atoms with Gasteiger partial charge in [-0.05, 0) is 47.1 Å². The SMILES string of the molecule is CCCNCC(O)C1CC(C)(C)OC1(C)C. The zero-order chi connectivity index (χ0) is 12.4. The van der Waals surface area contributed by atoms with Gasteiger partial charge < -0.3 is 15.2 Å². The molecule has 96 valence electrons. The zero-order valence-electron chi connectivity index (χ0n) is 11.3. The number of hydrogen-bond acceptors (Lipinski definition) is 3. The van der Waals surface area contributed by atoms with Crippen molar-refractivity contribution >= 4 is 0 Å². The lowest BCUT2D eigenvalue weighted by Gasteiger charge is -2.30. The maximum absolute atomic E-state index is 10.2. The van der Waals surface area contributed by atoms with E-state index in [1.54, 1.807) is 0 Å². The van der Waals surface area contributed by atoms with Gasteiger partial charge in [0.1, 0.15) is 0 Å². The van der Waals surface area contributed by atoms with E-state index in [0.717, 1.165) is 19.4 Å². The molecule has 1 aliphatic rings. The van der Waals surface area contributed by atoms with Crippen molar-refractivity contribution in [2.24, 2.45) is 5.92 Å². The van der Waals surface area contributed by atoms with Crippen LogP contribution in [0.2, 0.25) is 0 Å². The fourth-order valence-corrected chi connectivity index (χ4v) is 2.77. The van der Waals surface area contributed by atoms with Gasteiger partial charge in [0.2, 0.25) is 0 Å². The van der Waals surface area contributed by atoms with E-state index in [9.17, 15) is 5.11 Å². The molecule has 0 amide bonds. The van der Waals surface area contributed by atoms with Crippen LogP contribution in [-0.2, 0) is 4.74 Å². The van der Waals surface area contributed by atoms with Gasteiger partial charge in [-0.1, -0.05) is 6.92 Å². The molecule has 3 nitrogen and oxygen atoms in total. The van der Waals surface area contributed by atoms with Crippen LogP contribution in [-0.4, -0.2) is 35.5 Å². The molecular weight excluding hydrogens is 202 g/mol. The molecule has 1 saturated heterocycles. The molecule has 2 N–H and O–H groups in total. The van der Waals surface area contributed by atoms with Crippen molar-refractivity contribution in [1.29, 1.82) is 0 Å². The Labute approximate surface area is 99.6 Å². The molecule has 0 spiro atoms. The predicted molar refractivity (Wildman–Crippen MR) is 66.5 cm³/mol. The van der Waals surface area contributed by atoms with Gasteiger partial charge in [-0.2, -0.15) is 0 Å². The maximum Gasteiger partial charge on any atom is 0.0721 e. The minimum absolute atomic E-state index is 0.111. The molecule has 0 saturated carbocycles. The summed E-state index contributed by atoms with van der Waals surface area (Å²) in [5.74, 6) is 0.215. The van der Waals surface area contributed by atoms with Crippen LogP contribution in [0.25, 0.3) is 0 Å². The van der Waals surface area contributed by atoms with Gasteiger partial charge in [-0.3, -0.25) is 0 Å². The molecule has 0 aromatic rings. The second-order valence-corrected chi connectivity index (χ2v) is 6.05. The second kappa shape index (κ2) is 5.03. The predicted octanol–water partition coefficient (Wildman–Crippen LogP) is 1.94. The largest absolute Gasteiger partial charge is 0.391 e. The quantitative estimate of drug-likeness (QED) is 0.708. The van der Waals surface area contributed by atoms with Crippen LogP contribution in [0.4, 0.5) is 0 Å². The van der Waals surface area contributed by atoms with Crippen LogP contribution in [0.5, 0.6) is 0 Å². The zero-order valence-corrected chi connectivity index (χ0v) is 11.3. The summed E-state index contributed by atoms with van der Waals surface area (Å²) in [4.78, 5) is 0. The van der Waals surface area contributed by atoms with Crippen LogP contribution in [0.3, 0.4) is 0 Å². The number of aliphatic hydroxyl groups is 1. The molecule has 2 atom stereocenters. The van der Waals surface area contributed by atoms with Crippen molar-refractivity contribution in [3.8, 4) is 0 Å². The molecule has 1 aliphatic heterocycles. The van der Waals surface area contributed by atoms with Gasteiger partial charge in [0.15, 0.2) is 0 Å². The fraction of sp³-hybridized carbons (Fsp3) is 1.00. The van der Waals surface area contributed by atoms with E-state index in [2.05, 4.69) is 39.9 Å². The van der Waals surface area contributed by atoms with Crippen LogP contribution >= 0.6 is 0 Å². The minimum atomic E-state index is -0.316. The molecule has 2 unspecified atom stereocenters. The second-order valence-electron chi connectivity index (χ2n) is 6.05. The summed E-state index contributed by atoms with van der Waals surface area (Å²) in [6.07, 6.45) is 1.71. The van der Waals surface area contributed by atoms with Gasteiger partial charge in [0.05, 0.1) is 17.3 Å². The van der Waals surface area contributed by atoms with Crippen molar-refractivity contribution < 1.29 is 9.84 Å². The third-order valence-corrected chi connectivity index (χ3v) is 3.39. The number of hydrogen-bond donors (Lipinski definition) is 2. The fourth-order valence-electron chi connectivity index (χ4n) is 2.77. The van der Waals surface area contributed by atoms with Crippen molar-refractivity contribution in [1.82, 2.24) is 5.32 Å². The first-order valence-electron chi connectivity index (χ1n) is 6.37. The minimum Gasteiger partial charge on any atom is -0.391 e. The third-order valence-electron chi connectivity index (χ3n) is 3.39. The Balaban J connectivity index is 2.52. The average Bonchev–Trinajstić information content (AvgIpc) is 2.34. The molecular formula is C13H27NO2. The van der Waals surface area contributed by atoms with Gasteiger partial charge in [-0.25, -0.2) is 0 Å². The molecule has 0 aliphatic carbocycles. The monoisotopic (exact) mass is 229 g/mol. The molecule has 16 heavy (non-hydrogen) atoms. The molecule has 1 rings (SSSR count). The van der Waals surface area contributed by atoms with E-state index < -0.39 is 0 Å². The first-order valence-corrected chi connectivity index (χ1v) is 6.37. The molecule has 1 heterocycles. The molecule has 3 heteroatoms. The Morgan fingerprint density at radius 1 is 1.38 bits per heavy atom. The number of nitrogens with one attached hydrogen (secondary N) is 1. The average molecular weight is 229 g/mol. The standard InChI is InChI=1S/C13H27NO2/c1-6-7-14-9-11(15)10-8-12(2,3)16-13(10,4)5/h10-11,14-15H,6-9H2,1-5H3. The highest BCUT2D eigenvalue weighted by Gasteiger charge is 2.48. The van der Waals surface area contributed by atoms with Crippen molar-refractivity contribution in [3.63, 3.8) is 0 Å². The van der Waals surface area contributed by atoms with Crippen molar-refractivity contribution in [2.75, 3.05) is 13.1 Å². The summed E-state index contributed by atoms with van der Waals surface area (Å²) in [7, 11) is 0. The maximum atomic E-state index is 10.2. The first-order chi connectivity index (χ1) is 7.28. The Morgan fingerprint density at radius 3 is 2.44 bits per heavy atom. The van der Waals surface area contributed by atoms with Crippen LogP contribution < -0.4 is 5.32 Å². The van der Waals surface area contributed by atoms with Gasteiger partial charge in [0, 0.05) is 12.5 Å². The summed E-state index contributed by atoms with van der Waals surface area (Å²) in [6, 6.07) is 0. The van der Waals surface area contributed by atoms with E-state index in [1.165, 1.54) is 0 Å². The van der Waals surface area contributed by atoms with Gasteiger partial charge in [-0.15, -0.1) is 0 Å². The Morgan fingerprint density at radius 2 is 2.00 bits per heavy atom. The first kappa shape index (κ1) is 13.9. The molecule has 0 radical (unpaired) electrons. The van der Waals surface area contributed by atoms with E-state index >= 15 is 0 Å². The Bertz CT molecular complexity index is 226. The van der Waals surface area contributed by atoms with Gasteiger partial charge in [0.25, 0.3) is 0 Å². The molecule has 0 aromatic heterocycles. The smallest absolute Gasteiger partial charge is 0.0721 e. The van der Waals surface area contributed by atoms with Crippen LogP contribution in [0, 0.1) is 5.92 Å². The highest BCUT2D eigenvalue weighted by molar-refractivity contribution is 4.97. The van der Waals surface area contributed by atoms with E-state index in [4.69, 9.17) is 4.74 Å². The normalized spacial score (nSPS) is 29.2. The van der Waals surface area contributed by atoms with E-state index in [0.29, 0.717) is 6.54 Å². The van der Waals surface area contributed by atoms with E-state index in [-0.39, 0.29) is 23.2 Å². The van der Waals surface area contributed by atoms with E-state index in [1.807, 2.05) is 0 Å². The summed E-state index contributed by atoms with van der Waals surface area (Å²) < 4.78 is 5.99. The Hall–Kier alpha value is -0.120. The number of rotatable bonds is 5. The molecule has 1 fully saturated rings. The van der Waals surface area contributed by atoms with Gasteiger partial charge >= 0.3 is 0 Å². The topological polar surface area (TPSA) is 41.5 Å². The third kappa shape index (κ3) is 3.44. The lowest BCUT2D eigenvalue weighted by atomic mass is 9.83. The lowest BCUT2D eigenvalue weighted by molar-refractivity contribution is -0.0871. The van der Waals surface area contributed by atoms with Crippen molar-refractivity contribution in [3.05, 3.63) is 0 Å². The summed E-state index contributed by atoms with van der Waals surface area (Å²) in [6.45, 7) is 12.1. The summed E-state index contributed by atoms with van der Waals surface area (Å²) in [5.41, 5.74) is -0.337. The number of aliphatic hydroxyl groups excluding tert-OH is 1. The molecule has 0 aromatic carbocycles. The number of ether oxygens (including phenoxy) is 1. The van der Waals surface area contributed by atoms with Crippen LogP contribution in [0.15, 0.2) is 0 Å².